The fraction of sp³-hybridized carbons (Fsp3) is 0.294. The van der Waals surface area contributed by atoms with E-state index >= 15 is 0 Å². The highest BCUT2D eigenvalue weighted by atomic mass is 19.3. The topological polar surface area (TPSA) is 21.3 Å². The standard InChI is InChI=1S/C17H19F2NO/c1-3-20-16(13-9-7-12(2)8-10-13)14-5-4-6-15(11-14)21-17(18)19/h4-11,16-17,20H,3H2,1-2H3. The number of hydrogen-bond donors (Lipinski definition) is 1. The van der Waals surface area contributed by atoms with E-state index in [1.165, 1.54) is 11.6 Å². The summed E-state index contributed by atoms with van der Waals surface area (Å²) < 4.78 is 29.1. The molecule has 1 atom stereocenters. The Labute approximate surface area is 123 Å². The van der Waals surface area contributed by atoms with Gasteiger partial charge in [0.05, 0.1) is 6.04 Å². The Hall–Kier alpha value is -1.94. The SMILES string of the molecule is CCNC(c1ccc(C)cc1)c1cccc(OC(F)F)c1. The Kier molecular flexibility index (Phi) is 5.28. The summed E-state index contributed by atoms with van der Waals surface area (Å²) in [7, 11) is 0. The van der Waals surface area contributed by atoms with Crippen LogP contribution in [0, 0.1) is 6.92 Å². The lowest BCUT2D eigenvalue weighted by atomic mass is 9.97. The number of benzene rings is 2. The van der Waals surface area contributed by atoms with Crippen LogP contribution in [0.4, 0.5) is 8.78 Å². The Balaban J connectivity index is 2.31. The van der Waals surface area contributed by atoms with Gasteiger partial charge in [0, 0.05) is 0 Å². The van der Waals surface area contributed by atoms with Crippen molar-refractivity contribution in [3.8, 4) is 5.75 Å². The van der Waals surface area contributed by atoms with Crippen LogP contribution in [0.25, 0.3) is 0 Å². The number of aryl methyl sites for hydroxylation is 1. The molecule has 0 saturated carbocycles. The zero-order chi connectivity index (χ0) is 15.2. The van der Waals surface area contributed by atoms with Crippen LogP contribution in [0.5, 0.6) is 5.75 Å². The molecule has 0 radical (unpaired) electrons. The Morgan fingerprint density at radius 3 is 2.38 bits per heavy atom. The van der Waals surface area contributed by atoms with Crippen LogP contribution in [0.3, 0.4) is 0 Å². The minimum atomic E-state index is -2.81. The molecule has 1 N–H and O–H groups in total. The molecule has 0 spiro atoms. The summed E-state index contributed by atoms with van der Waals surface area (Å²) in [5, 5.41) is 3.37. The number of alkyl halides is 2. The van der Waals surface area contributed by atoms with Gasteiger partial charge < -0.3 is 10.1 Å². The molecular formula is C17H19F2NO. The van der Waals surface area contributed by atoms with Crippen LogP contribution in [0.1, 0.15) is 29.7 Å². The quantitative estimate of drug-likeness (QED) is 0.857. The van der Waals surface area contributed by atoms with Crippen molar-refractivity contribution in [2.24, 2.45) is 0 Å². The summed E-state index contributed by atoms with van der Waals surface area (Å²) in [6.45, 7) is 2.01. The molecule has 0 bridgehead atoms. The number of halogens is 2. The molecule has 0 aromatic heterocycles. The lowest BCUT2D eigenvalue weighted by Crippen LogP contribution is -2.22. The Bertz CT molecular complexity index is 569. The molecule has 0 aliphatic carbocycles. The van der Waals surface area contributed by atoms with E-state index < -0.39 is 6.61 Å². The number of ether oxygens (including phenoxy) is 1. The fourth-order valence-corrected chi connectivity index (χ4v) is 2.26. The lowest BCUT2D eigenvalue weighted by Gasteiger charge is -2.20. The molecule has 2 aromatic carbocycles. The summed E-state index contributed by atoms with van der Waals surface area (Å²) >= 11 is 0. The van der Waals surface area contributed by atoms with Gasteiger partial charge in [0.2, 0.25) is 0 Å². The Morgan fingerprint density at radius 2 is 1.76 bits per heavy atom. The van der Waals surface area contributed by atoms with Crippen molar-refractivity contribution < 1.29 is 13.5 Å². The maximum Gasteiger partial charge on any atom is 0.387 e. The van der Waals surface area contributed by atoms with Crippen LogP contribution in [-0.2, 0) is 0 Å². The van der Waals surface area contributed by atoms with Crippen molar-refractivity contribution in [1.82, 2.24) is 5.32 Å². The van der Waals surface area contributed by atoms with Crippen molar-refractivity contribution in [1.29, 1.82) is 0 Å². The van der Waals surface area contributed by atoms with E-state index in [4.69, 9.17) is 0 Å². The maximum atomic E-state index is 12.3. The van der Waals surface area contributed by atoms with Gasteiger partial charge >= 0.3 is 6.61 Å². The van der Waals surface area contributed by atoms with Crippen molar-refractivity contribution in [2.45, 2.75) is 26.5 Å². The highest BCUT2D eigenvalue weighted by Crippen LogP contribution is 2.26. The van der Waals surface area contributed by atoms with E-state index in [2.05, 4.69) is 10.1 Å². The molecule has 21 heavy (non-hydrogen) atoms. The van der Waals surface area contributed by atoms with Crippen molar-refractivity contribution in [3.63, 3.8) is 0 Å². The average molecular weight is 291 g/mol. The van der Waals surface area contributed by atoms with Gasteiger partial charge in [-0.05, 0) is 36.7 Å². The highest BCUT2D eigenvalue weighted by molar-refractivity contribution is 5.37. The smallest absolute Gasteiger partial charge is 0.387 e. The molecule has 0 aliphatic heterocycles. The third-order valence-electron chi connectivity index (χ3n) is 3.24. The van der Waals surface area contributed by atoms with Gasteiger partial charge in [0.1, 0.15) is 5.75 Å². The van der Waals surface area contributed by atoms with Gasteiger partial charge in [0.15, 0.2) is 0 Å². The first kappa shape index (κ1) is 15.4. The first-order valence-corrected chi connectivity index (χ1v) is 6.95. The normalized spacial score (nSPS) is 12.4. The van der Waals surface area contributed by atoms with Gasteiger partial charge in [-0.3, -0.25) is 0 Å². The van der Waals surface area contributed by atoms with Crippen LogP contribution in [0.2, 0.25) is 0 Å². The number of rotatable bonds is 6. The van der Waals surface area contributed by atoms with Gasteiger partial charge in [-0.1, -0.05) is 48.9 Å². The first-order valence-electron chi connectivity index (χ1n) is 6.95. The summed E-state index contributed by atoms with van der Waals surface area (Å²) in [4.78, 5) is 0. The van der Waals surface area contributed by atoms with E-state index in [1.807, 2.05) is 44.2 Å². The minimum Gasteiger partial charge on any atom is -0.435 e. The predicted molar refractivity (Wildman–Crippen MR) is 79.8 cm³/mol. The summed E-state index contributed by atoms with van der Waals surface area (Å²) in [5.74, 6) is 0.178. The van der Waals surface area contributed by atoms with Crippen LogP contribution in [0.15, 0.2) is 48.5 Å². The monoisotopic (exact) mass is 291 g/mol. The molecular weight excluding hydrogens is 272 g/mol. The number of nitrogens with one attached hydrogen (secondary N) is 1. The molecule has 4 heteroatoms. The second-order valence-corrected chi connectivity index (χ2v) is 4.85. The third-order valence-corrected chi connectivity index (χ3v) is 3.24. The second kappa shape index (κ2) is 7.18. The van der Waals surface area contributed by atoms with E-state index in [0.29, 0.717) is 0 Å². The fourth-order valence-electron chi connectivity index (χ4n) is 2.26. The molecule has 0 amide bonds. The van der Waals surface area contributed by atoms with Crippen molar-refractivity contribution in [2.75, 3.05) is 6.54 Å². The molecule has 2 rings (SSSR count). The van der Waals surface area contributed by atoms with E-state index in [0.717, 1.165) is 17.7 Å². The molecule has 0 fully saturated rings. The van der Waals surface area contributed by atoms with Crippen molar-refractivity contribution >= 4 is 0 Å². The summed E-state index contributed by atoms with van der Waals surface area (Å²) in [6.07, 6.45) is 0. The molecule has 0 heterocycles. The molecule has 112 valence electrons. The molecule has 0 saturated heterocycles. The summed E-state index contributed by atoms with van der Waals surface area (Å²) in [6, 6.07) is 15.0. The van der Waals surface area contributed by atoms with Crippen LogP contribution >= 0.6 is 0 Å². The lowest BCUT2D eigenvalue weighted by molar-refractivity contribution is -0.0498. The first-order chi connectivity index (χ1) is 10.1. The summed E-state index contributed by atoms with van der Waals surface area (Å²) in [5.41, 5.74) is 3.18. The molecule has 2 aromatic rings. The van der Waals surface area contributed by atoms with E-state index in [1.54, 1.807) is 12.1 Å². The van der Waals surface area contributed by atoms with Gasteiger partial charge in [-0.25, -0.2) is 0 Å². The third kappa shape index (κ3) is 4.26. The molecule has 1 unspecified atom stereocenters. The maximum absolute atomic E-state index is 12.3. The predicted octanol–water partition coefficient (Wildman–Crippen LogP) is 4.30. The molecule has 2 nitrogen and oxygen atoms in total. The van der Waals surface area contributed by atoms with Gasteiger partial charge in [-0.2, -0.15) is 8.78 Å². The van der Waals surface area contributed by atoms with Crippen LogP contribution in [-0.4, -0.2) is 13.2 Å². The second-order valence-electron chi connectivity index (χ2n) is 4.85. The van der Waals surface area contributed by atoms with E-state index in [-0.39, 0.29) is 11.8 Å². The van der Waals surface area contributed by atoms with Gasteiger partial charge in [0.25, 0.3) is 0 Å². The zero-order valence-electron chi connectivity index (χ0n) is 12.1. The minimum absolute atomic E-state index is 0.0446. The molecule has 0 aliphatic rings. The average Bonchev–Trinajstić information content (AvgIpc) is 2.45. The largest absolute Gasteiger partial charge is 0.435 e. The number of hydrogen-bond acceptors (Lipinski definition) is 2. The highest BCUT2D eigenvalue weighted by Gasteiger charge is 2.14. The van der Waals surface area contributed by atoms with Crippen molar-refractivity contribution in [3.05, 3.63) is 65.2 Å². The van der Waals surface area contributed by atoms with Crippen LogP contribution < -0.4 is 10.1 Å². The Morgan fingerprint density at radius 1 is 1.05 bits per heavy atom. The van der Waals surface area contributed by atoms with E-state index in [9.17, 15) is 8.78 Å². The zero-order valence-corrected chi connectivity index (χ0v) is 12.1. The van der Waals surface area contributed by atoms with Gasteiger partial charge in [-0.15, -0.1) is 0 Å².